The van der Waals surface area contributed by atoms with Gasteiger partial charge in [0.2, 0.25) is 5.28 Å². The Balaban J connectivity index is 1.64. The lowest BCUT2D eigenvalue weighted by Gasteiger charge is -2.19. The van der Waals surface area contributed by atoms with E-state index in [0.29, 0.717) is 0 Å². The van der Waals surface area contributed by atoms with Gasteiger partial charge in [-0.3, -0.25) is 0 Å². The topological polar surface area (TPSA) is 43.6 Å². The van der Waals surface area contributed by atoms with Crippen molar-refractivity contribution < 1.29 is 0 Å². The highest BCUT2D eigenvalue weighted by Gasteiger charge is 2.17. The third kappa shape index (κ3) is 4.16. The summed E-state index contributed by atoms with van der Waals surface area (Å²) in [6.45, 7) is 6.68. The van der Waals surface area contributed by atoms with Gasteiger partial charge in [-0.1, -0.05) is 57.2 Å². The van der Waals surface area contributed by atoms with Gasteiger partial charge < -0.3 is 4.57 Å². The molecular weight excluding hydrogens is 400 g/mol. The molecule has 0 aliphatic heterocycles. The smallest absolute Gasteiger partial charge is 0.223 e. The molecule has 148 valence electrons. The number of aromatic nitrogens is 4. The van der Waals surface area contributed by atoms with Crippen molar-refractivity contribution in [2.75, 3.05) is 0 Å². The zero-order chi connectivity index (χ0) is 20.6. The Kier molecular flexibility index (Phi) is 5.36. The Morgan fingerprint density at radius 1 is 1.00 bits per heavy atom. The number of halogens is 1. The summed E-state index contributed by atoms with van der Waals surface area (Å²) in [5.74, 6) is 1.62. The Labute approximate surface area is 180 Å². The van der Waals surface area contributed by atoms with E-state index in [1.807, 2.05) is 25.2 Å². The first-order chi connectivity index (χ1) is 13.8. The van der Waals surface area contributed by atoms with Crippen LogP contribution >= 0.6 is 23.4 Å². The van der Waals surface area contributed by atoms with Crippen LogP contribution in [0, 0.1) is 0 Å². The highest BCUT2D eigenvalue weighted by molar-refractivity contribution is 7.98. The number of nitrogens with zero attached hydrogens (tertiary/aromatic N) is 4. The summed E-state index contributed by atoms with van der Waals surface area (Å²) in [7, 11) is 2.00. The van der Waals surface area contributed by atoms with Crippen molar-refractivity contribution in [3.8, 4) is 11.5 Å². The summed E-state index contributed by atoms with van der Waals surface area (Å²) in [6, 6.07) is 16.9. The number of thioether (sulfide) groups is 1. The van der Waals surface area contributed by atoms with Crippen molar-refractivity contribution in [3.63, 3.8) is 0 Å². The molecule has 4 rings (SSSR count). The summed E-state index contributed by atoms with van der Waals surface area (Å²) in [5, 5.41) is 0.228. The highest BCUT2D eigenvalue weighted by atomic mass is 35.5. The molecule has 2 aromatic carbocycles. The number of hydrogen-bond donors (Lipinski definition) is 0. The Bertz CT molecular complexity index is 1160. The maximum atomic E-state index is 6.13. The zero-order valence-electron chi connectivity index (χ0n) is 17.0. The first-order valence-electron chi connectivity index (χ1n) is 9.49. The molecule has 0 saturated carbocycles. The van der Waals surface area contributed by atoms with Crippen molar-refractivity contribution in [1.82, 2.24) is 19.5 Å². The molecule has 0 spiro atoms. The Morgan fingerprint density at radius 2 is 1.72 bits per heavy atom. The second-order valence-electron chi connectivity index (χ2n) is 8.07. The second kappa shape index (κ2) is 7.81. The van der Waals surface area contributed by atoms with Crippen LogP contribution in [0.2, 0.25) is 5.28 Å². The van der Waals surface area contributed by atoms with Crippen molar-refractivity contribution in [2.45, 2.75) is 36.8 Å². The van der Waals surface area contributed by atoms with Gasteiger partial charge in [0.15, 0.2) is 5.82 Å². The standard InChI is InChI=1S/C23H23ClN4S/c1-23(2,3)16-11-9-15(10-12-16)14-29-19-13-25-22(24)27-20(19)21-26-17-7-5-6-8-18(17)28(21)4/h5-13H,14H2,1-4H3. The molecule has 0 N–H and O–H groups in total. The van der Waals surface area contributed by atoms with E-state index in [-0.39, 0.29) is 10.7 Å². The molecule has 0 fully saturated rings. The molecular formula is C23H23ClN4S. The normalized spacial score (nSPS) is 11.9. The summed E-state index contributed by atoms with van der Waals surface area (Å²) in [6.07, 6.45) is 1.79. The zero-order valence-corrected chi connectivity index (χ0v) is 18.6. The van der Waals surface area contributed by atoms with Crippen molar-refractivity contribution in [3.05, 3.63) is 71.1 Å². The fraction of sp³-hybridized carbons (Fsp3) is 0.261. The SMILES string of the molecule is Cn1c(-c2nc(Cl)ncc2SCc2ccc(C(C)(C)C)cc2)nc2ccccc21. The maximum absolute atomic E-state index is 6.13. The summed E-state index contributed by atoms with van der Waals surface area (Å²) >= 11 is 7.83. The molecule has 2 aromatic heterocycles. The fourth-order valence-corrected chi connectivity index (χ4v) is 4.28. The van der Waals surface area contributed by atoms with E-state index >= 15 is 0 Å². The largest absolute Gasteiger partial charge is 0.326 e. The molecule has 0 saturated heterocycles. The number of fused-ring (bicyclic) bond motifs is 1. The van der Waals surface area contributed by atoms with Crippen LogP contribution in [0.5, 0.6) is 0 Å². The Morgan fingerprint density at radius 3 is 2.41 bits per heavy atom. The molecule has 0 atom stereocenters. The van der Waals surface area contributed by atoms with Crippen LogP contribution in [0.1, 0.15) is 31.9 Å². The van der Waals surface area contributed by atoms with Gasteiger partial charge in [0.25, 0.3) is 0 Å². The van der Waals surface area contributed by atoms with Gasteiger partial charge in [0, 0.05) is 19.0 Å². The quantitative estimate of drug-likeness (QED) is 0.287. The summed E-state index contributed by atoms with van der Waals surface area (Å²) in [4.78, 5) is 14.5. The Hall–Kier alpha value is -2.37. The third-order valence-electron chi connectivity index (χ3n) is 4.94. The number of imidazole rings is 1. The number of benzene rings is 2. The summed E-state index contributed by atoms with van der Waals surface area (Å²) in [5.41, 5.74) is 5.51. The van der Waals surface area contributed by atoms with Gasteiger partial charge in [-0.25, -0.2) is 15.0 Å². The molecule has 0 aliphatic carbocycles. The predicted octanol–water partition coefficient (Wildman–Crippen LogP) is 6.27. The van der Waals surface area contributed by atoms with E-state index < -0.39 is 0 Å². The van der Waals surface area contributed by atoms with E-state index in [1.165, 1.54) is 11.1 Å². The van der Waals surface area contributed by atoms with Gasteiger partial charge in [0.05, 0.1) is 15.9 Å². The molecule has 0 aliphatic rings. The minimum absolute atomic E-state index is 0.156. The fourth-order valence-electron chi connectivity index (χ4n) is 3.23. The molecule has 4 nitrogen and oxygen atoms in total. The minimum atomic E-state index is 0.156. The number of para-hydroxylation sites is 2. The lowest BCUT2D eigenvalue weighted by Crippen LogP contribution is -2.10. The van der Waals surface area contributed by atoms with Crippen LogP contribution in [0.4, 0.5) is 0 Å². The number of hydrogen-bond acceptors (Lipinski definition) is 4. The van der Waals surface area contributed by atoms with Gasteiger partial charge >= 0.3 is 0 Å². The average Bonchev–Trinajstić information content (AvgIpc) is 3.03. The van der Waals surface area contributed by atoms with Crippen LogP contribution in [0.15, 0.2) is 59.6 Å². The molecule has 0 bridgehead atoms. The van der Waals surface area contributed by atoms with Gasteiger partial charge in [-0.2, -0.15) is 0 Å². The lowest BCUT2D eigenvalue weighted by atomic mass is 9.87. The second-order valence-corrected chi connectivity index (χ2v) is 9.43. The van der Waals surface area contributed by atoms with Crippen LogP contribution < -0.4 is 0 Å². The van der Waals surface area contributed by atoms with Crippen LogP contribution in [0.3, 0.4) is 0 Å². The lowest BCUT2D eigenvalue weighted by molar-refractivity contribution is 0.590. The molecule has 6 heteroatoms. The van der Waals surface area contributed by atoms with Crippen LogP contribution in [0.25, 0.3) is 22.6 Å². The van der Waals surface area contributed by atoms with Crippen LogP contribution in [-0.2, 0) is 18.2 Å². The molecule has 2 heterocycles. The molecule has 4 aromatic rings. The average molecular weight is 423 g/mol. The van der Waals surface area contributed by atoms with Gasteiger partial charge in [-0.05, 0) is 40.3 Å². The van der Waals surface area contributed by atoms with Crippen molar-refractivity contribution in [1.29, 1.82) is 0 Å². The van der Waals surface area contributed by atoms with Gasteiger partial charge in [0.1, 0.15) is 5.69 Å². The monoisotopic (exact) mass is 422 g/mol. The van der Waals surface area contributed by atoms with Crippen molar-refractivity contribution in [2.24, 2.45) is 7.05 Å². The van der Waals surface area contributed by atoms with E-state index in [1.54, 1.807) is 18.0 Å². The summed E-state index contributed by atoms with van der Waals surface area (Å²) < 4.78 is 2.05. The van der Waals surface area contributed by atoms with E-state index in [0.717, 1.165) is 33.2 Å². The number of aryl methyl sites for hydroxylation is 1. The predicted molar refractivity (Wildman–Crippen MR) is 121 cm³/mol. The van der Waals surface area contributed by atoms with E-state index in [2.05, 4.69) is 65.6 Å². The van der Waals surface area contributed by atoms with E-state index in [9.17, 15) is 0 Å². The molecule has 0 radical (unpaired) electrons. The first-order valence-corrected chi connectivity index (χ1v) is 10.9. The number of rotatable bonds is 4. The third-order valence-corrected chi connectivity index (χ3v) is 6.21. The molecule has 29 heavy (non-hydrogen) atoms. The maximum Gasteiger partial charge on any atom is 0.223 e. The minimum Gasteiger partial charge on any atom is -0.326 e. The molecule has 0 amide bonds. The van der Waals surface area contributed by atoms with Crippen molar-refractivity contribution >= 4 is 34.4 Å². The van der Waals surface area contributed by atoms with E-state index in [4.69, 9.17) is 16.6 Å². The highest BCUT2D eigenvalue weighted by Crippen LogP contribution is 2.33. The van der Waals surface area contributed by atoms with Crippen LogP contribution in [-0.4, -0.2) is 19.5 Å². The van der Waals surface area contributed by atoms with Gasteiger partial charge in [-0.15, -0.1) is 11.8 Å². The first kappa shape index (κ1) is 19.9. The molecule has 0 unspecified atom stereocenters.